The van der Waals surface area contributed by atoms with Crippen LogP contribution in [-0.4, -0.2) is 5.91 Å². The highest BCUT2D eigenvalue weighted by molar-refractivity contribution is 6.31. The van der Waals surface area contributed by atoms with Gasteiger partial charge in [-0.2, -0.15) is 5.26 Å². The monoisotopic (exact) mass is 434 g/mol. The first-order valence-corrected chi connectivity index (χ1v) is 10.1. The molecule has 1 amide bonds. The van der Waals surface area contributed by atoms with Gasteiger partial charge in [0, 0.05) is 15.7 Å². The number of aryl methyl sites for hydroxylation is 2. The summed E-state index contributed by atoms with van der Waals surface area (Å²) in [5, 5.41) is 13.6. The van der Waals surface area contributed by atoms with Crippen LogP contribution in [0.3, 0.4) is 0 Å². The van der Waals surface area contributed by atoms with Crippen molar-refractivity contribution in [3.8, 4) is 6.07 Å². The molecule has 3 aromatic carbocycles. The second kappa shape index (κ2) is 9.63. The predicted molar refractivity (Wildman–Crippen MR) is 124 cm³/mol. The number of anilines is 1. The number of amides is 1. The second-order valence-electron chi connectivity index (χ2n) is 7.03. The molecule has 150 valence electrons. The Morgan fingerprint density at radius 3 is 2.47 bits per heavy atom. The predicted octanol–water partition coefficient (Wildman–Crippen LogP) is 6.75. The van der Waals surface area contributed by atoms with Crippen molar-refractivity contribution in [2.75, 3.05) is 5.32 Å². The Labute approximate surface area is 186 Å². The standard InChI is InChI=1S/C25H20Cl2N2O/c1-16-7-10-23(11-17(16)2)29-25(30)21(15-28)13-20-14-22(26)9-8-18(20)12-19-5-3-4-6-24(19)27/h3-11,13-14H,12H2,1-2H3,(H,29,30)/b21-13+. The molecule has 0 aromatic heterocycles. The zero-order valence-electron chi connectivity index (χ0n) is 16.7. The molecule has 3 rings (SSSR count). The first-order chi connectivity index (χ1) is 14.4. The number of nitriles is 1. The van der Waals surface area contributed by atoms with Crippen molar-refractivity contribution < 1.29 is 4.79 Å². The van der Waals surface area contributed by atoms with E-state index in [2.05, 4.69) is 5.32 Å². The average Bonchev–Trinajstić information content (AvgIpc) is 2.72. The Morgan fingerprint density at radius 2 is 1.77 bits per heavy atom. The van der Waals surface area contributed by atoms with E-state index in [0.717, 1.165) is 22.3 Å². The van der Waals surface area contributed by atoms with Gasteiger partial charge in [-0.05, 0) is 84.5 Å². The lowest BCUT2D eigenvalue weighted by molar-refractivity contribution is -0.112. The molecule has 0 aliphatic carbocycles. The van der Waals surface area contributed by atoms with Crippen LogP contribution < -0.4 is 5.32 Å². The highest BCUT2D eigenvalue weighted by atomic mass is 35.5. The van der Waals surface area contributed by atoms with Crippen LogP contribution in [0.4, 0.5) is 5.69 Å². The summed E-state index contributed by atoms with van der Waals surface area (Å²) >= 11 is 12.5. The van der Waals surface area contributed by atoms with Crippen LogP contribution in [0, 0.1) is 25.2 Å². The van der Waals surface area contributed by atoms with Gasteiger partial charge >= 0.3 is 0 Å². The van der Waals surface area contributed by atoms with E-state index in [9.17, 15) is 10.1 Å². The number of hydrogen-bond acceptors (Lipinski definition) is 2. The summed E-state index contributed by atoms with van der Waals surface area (Å²) in [5.41, 5.74) is 5.41. The number of rotatable bonds is 5. The first kappa shape index (κ1) is 21.6. The van der Waals surface area contributed by atoms with E-state index < -0.39 is 5.91 Å². The maximum absolute atomic E-state index is 12.7. The van der Waals surface area contributed by atoms with E-state index in [1.165, 1.54) is 0 Å². The Kier molecular flexibility index (Phi) is 6.95. The molecule has 0 aliphatic rings. The summed E-state index contributed by atoms with van der Waals surface area (Å²) < 4.78 is 0. The molecule has 0 fully saturated rings. The number of hydrogen-bond donors (Lipinski definition) is 1. The van der Waals surface area contributed by atoms with Gasteiger partial charge in [-0.1, -0.05) is 53.5 Å². The molecule has 0 bridgehead atoms. The minimum Gasteiger partial charge on any atom is -0.321 e. The molecule has 5 heteroatoms. The Balaban J connectivity index is 1.92. The number of benzene rings is 3. The lowest BCUT2D eigenvalue weighted by Crippen LogP contribution is -2.13. The van der Waals surface area contributed by atoms with Crippen LogP contribution >= 0.6 is 23.2 Å². The fourth-order valence-corrected chi connectivity index (χ4v) is 3.41. The smallest absolute Gasteiger partial charge is 0.266 e. The maximum atomic E-state index is 12.7. The van der Waals surface area contributed by atoms with Gasteiger partial charge in [0.05, 0.1) is 0 Å². The van der Waals surface area contributed by atoms with Crippen molar-refractivity contribution in [3.05, 3.63) is 104 Å². The van der Waals surface area contributed by atoms with Crippen molar-refractivity contribution in [2.45, 2.75) is 20.3 Å². The van der Waals surface area contributed by atoms with Gasteiger partial charge in [0.25, 0.3) is 5.91 Å². The van der Waals surface area contributed by atoms with Crippen LogP contribution in [0.25, 0.3) is 6.08 Å². The third-order valence-electron chi connectivity index (χ3n) is 4.88. The maximum Gasteiger partial charge on any atom is 0.266 e. The van der Waals surface area contributed by atoms with E-state index in [0.29, 0.717) is 27.7 Å². The lowest BCUT2D eigenvalue weighted by Gasteiger charge is -2.10. The van der Waals surface area contributed by atoms with Crippen LogP contribution in [0.15, 0.2) is 66.2 Å². The number of nitrogens with zero attached hydrogens (tertiary/aromatic N) is 1. The number of halogens is 2. The molecule has 0 aliphatic heterocycles. The fraction of sp³-hybridized carbons (Fsp3) is 0.120. The Bertz CT molecular complexity index is 1180. The van der Waals surface area contributed by atoms with E-state index >= 15 is 0 Å². The molecule has 3 aromatic rings. The molecule has 0 spiro atoms. The highest BCUT2D eigenvalue weighted by Gasteiger charge is 2.13. The van der Waals surface area contributed by atoms with E-state index in [1.54, 1.807) is 18.2 Å². The van der Waals surface area contributed by atoms with Crippen molar-refractivity contribution >= 4 is 40.9 Å². The molecule has 30 heavy (non-hydrogen) atoms. The molecule has 0 saturated carbocycles. The number of nitrogens with one attached hydrogen (secondary N) is 1. The molecular weight excluding hydrogens is 415 g/mol. The van der Waals surface area contributed by atoms with Gasteiger partial charge < -0.3 is 5.32 Å². The fourth-order valence-electron chi connectivity index (χ4n) is 3.03. The molecular formula is C25H20Cl2N2O. The topological polar surface area (TPSA) is 52.9 Å². The second-order valence-corrected chi connectivity index (χ2v) is 7.88. The van der Waals surface area contributed by atoms with Crippen molar-refractivity contribution in [1.82, 2.24) is 0 Å². The quantitative estimate of drug-likeness (QED) is 0.356. The van der Waals surface area contributed by atoms with Crippen molar-refractivity contribution in [3.63, 3.8) is 0 Å². The summed E-state index contributed by atoms with van der Waals surface area (Å²) in [7, 11) is 0. The van der Waals surface area contributed by atoms with Crippen molar-refractivity contribution in [2.24, 2.45) is 0 Å². The highest BCUT2D eigenvalue weighted by Crippen LogP contribution is 2.25. The summed E-state index contributed by atoms with van der Waals surface area (Å²) in [6, 6.07) is 20.6. The van der Waals surface area contributed by atoms with Gasteiger partial charge in [-0.25, -0.2) is 0 Å². The molecule has 0 atom stereocenters. The summed E-state index contributed by atoms with van der Waals surface area (Å²) in [5.74, 6) is -0.468. The summed E-state index contributed by atoms with van der Waals surface area (Å²) in [6.07, 6.45) is 2.12. The van der Waals surface area contributed by atoms with E-state index in [-0.39, 0.29) is 5.57 Å². The number of carbonyl (C=O) groups excluding carboxylic acids is 1. The van der Waals surface area contributed by atoms with Gasteiger partial charge in [-0.3, -0.25) is 4.79 Å². The zero-order valence-corrected chi connectivity index (χ0v) is 18.2. The minimum absolute atomic E-state index is 0.00379. The minimum atomic E-state index is -0.468. The van der Waals surface area contributed by atoms with Gasteiger partial charge in [0.1, 0.15) is 11.6 Å². The van der Waals surface area contributed by atoms with Crippen LogP contribution in [0.5, 0.6) is 0 Å². The van der Waals surface area contributed by atoms with E-state index in [1.807, 2.05) is 68.4 Å². The average molecular weight is 435 g/mol. The first-order valence-electron chi connectivity index (χ1n) is 9.39. The lowest BCUT2D eigenvalue weighted by atomic mass is 9.98. The number of carbonyl (C=O) groups is 1. The van der Waals surface area contributed by atoms with Crippen LogP contribution in [-0.2, 0) is 11.2 Å². The molecule has 3 nitrogen and oxygen atoms in total. The SMILES string of the molecule is Cc1ccc(NC(=O)/C(C#N)=C/c2cc(Cl)ccc2Cc2ccccc2Cl)cc1C. The van der Waals surface area contributed by atoms with Crippen molar-refractivity contribution in [1.29, 1.82) is 5.26 Å². The zero-order chi connectivity index (χ0) is 21.7. The normalized spacial score (nSPS) is 11.1. The molecule has 0 saturated heterocycles. The van der Waals surface area contributed by atoms with Gasteiger partial charge in [0.2, 0.25) is 0 Å². The van der Waals surface area contributed by atoms with Gasteiger partial charge in [-0.15, -0.1) is 0 Å². The van der Waals surface area contributed by atoms with Gasteiger partial charge in [0.15, 0.2) is 0 Å². The molecule has 1 N–H and O–H groups in total. The molecule has 0 radical (unpaired) electrons. The van der Waals surface area contributed by atoms with E-state index in [4.69, 9.17) is 23.2 Å². The third kappa shape index (κ3) is 5.30. The molecule has 0 unspecified atom stereocenters. The summed E-state index contributed by atoms with van der Waals surface area (Å²) in [6.45, 7) is 3.97. The summed E-state index contributed by atoms with van der Waals surface area (Å²) in [4.78, 5) is 12.7. The Morgan fingerprint density at radius 1 is 1.00 bits per heavy atom. The Hall–Kier alpha value is -3.06. The van der Waals surface area contributed by atoms with Crippen LogP contribution in [0.1, 0.15) is 27.8 Å². The molecule has 0 heterocycles. The largest absolute Gasteiger partial charge is 0.321 e. The third-order valence-corrected chi connectivity index (χ3v) is 5.48. The van der Waals surface area contributed by atoms with Crippen LogP contribution in [0.2, 0.25) is 10.0 Å².